The molecule has 0 aromatic heterocycles. The van der Waals surface area contributed by atoms with Crippen LogP contribution in [0.15, 0.2) is 48.5 Å². The summed E-state index contributed by atoms with van der Waals surface area (Å²) >= 11 is 0. The lowest BCUT2D eigenvalue weighted by Crippen LogP contribution is -2.50. The Bertz CT molecular complexity index is 1080. The zero-order valence-electron chi connectivity index (χ0n) is 20.0. The number of hydrogen-bond donors (Lipinski definition) is 0. The van der Waals surface area contributed by atoms with Crippen LogP contribution >= 0.6 is 0 Å². The van der Waals surface area contributed by atoms with Crippen LogP contribution in [0.4, 0.5) is 14.5 Å². The Balaban J connectivity index is 1.41. The van der Waals surface area contributed by atoms with Crippen molar-refractivity contribution < 1.29 is 23.1 Å². The van der Waals surface area contributed by atoms with Crippen LogP contribution < -0.4 is 4.90 Å². The van der Waals surface area contributed by atoms with Crippen molar-refractivity contribution in [3.8, 4) is 0 Å². The van der Waals surface area contributed by atoms with Gasteiger partial charge < -0.3 is 9.64 Å². The molecule has 2 heterocycles. The van der Waals surface area contributed by atoms with Gasteiger partial charge in [0.25, 0.3) is 0 Å². The van der Waals surface area contributed by atoms with Crippen LogP contribution in [0.2, 0.25) is 0 Å². The highest BCUT2D eigenvalue weighted by molar-refractivity contribution is 6.00. The predicted molar refractivity (Wildman–Crippen MR) is 131 cm³/mol. The standard InChI is InChI=1S/C27H31F2N3O3/c1-2-27(34)35-17-16-30-12-14-31(15-13-30)19-26(33)32-11-3-4-23(20-5-7-21(28)8-6-20)24-10-9-22(29)18-25(24)32/h4-10,18H,2-3,11-17,19H2,1H3. The van der Waals surface area contributed by atoms with Crippen molar-refractivity contribution in [1.82, 2.24) is 9.80 Å². The van der Waals surface area contributed by atoms with Crippen LogP contribution in [-0.2, 0) is 14.3 Å². The summed E-state index contributed by atoms with van der Waals surface area (Å²) in [6.45, 7) is 6.58. The summed E-state index contributed by atoms with van der Waals surface area (Å²) in [6, 6.07) is 10.7. The average Bonchev–Trinajstić information content (AvgIpc) is 3.05. The number of benzene rings is 2. The van der Waals surface area contributed by atoms with E-state index in [1.165, 1.54) is 24.3 Å². The maximum absolute atomic E-state index is 14.3. The second-order valence-electron chi connectivity index (χ2n) is 8.81. The number of hydrogen-bond acceptors (Lipinski definition) is 5. The lowest BCUT2D eigenvalue weighted by atomic mass is 9.96. The van der Waals surface area contributed by atoms with Crippen LogP contribution in [0, 0.1) is 11.6 Å². The van der Waals surface area contributed by atoms with Gasteiger partial charge >= 0.3 is 5.97 Å². The van der Waals surface area contributed by atoms with Crippen molar-refractivity contribution >= 4 is 23.1 Å². The van der Waals surface area contributed by atoms with Gasteiger partial charge in [0.1, 0.15) is 18.2 Å². The van der Waals surface area contributed by atoms with Crippen molar-refractivity contribution in [2.75, 3.05) is 57.3 Å². The number of piperazine rings is 1. The highest BCUT2D eigenvalue weighted by Gasteiger charge is 2.26. The largest absolute Gasteiger partial charge is 0.464 e. The summed E-state index contributed by atoms with van der Waals surface area (Å²) in [5.41, 5.74) is 3.00. The minimum absolute atomic E-state index is 0.0732. The number of ether oxygens (including phenoxy) is 1. The molecule has 0 spiro atoms. The van der Waals surface area contributed by atoms with Gasteiger partial charge in [0, 0.05) is 51.3 Å². The highest BCUT2D eigenvalue weighted by Crippen LogP contribution is 2.35. The van der Waals surface area contributed by atoms with Gasteiger partial charge in [-0.05, 0) is 47.9 Å². The third-order valence-corrected chi connectivity index (χ3v) is 6.48. The Kier molecular flexibility index (Phi) is 8.25. The SMILES string of the molecule is CCC(=O)OCCN1CCN(CC(=O)N2CCC=C(c3ccc(F)cc3)c3ccc(F)cc32)CC1. The van der Waals surface area contributed by atoms with Crippen LogP contribution in [0.3, 0.4) is 0 Å². The van der Waals surface area contributed by atoms with Gasteiger partial charge in [0.05, 0.1) is 12.2 Å². The van der Waals surface area contributed by atoms with Crippen LogP contribution in [0.25, 0.3) is 5.57 Å². The van der Waals surface area contributed by atoms with Gasteiger partial charge in [-0.15, -0.1) is 0 Å². The molecular formula is C27H31F2N3O3. The molecule has 0 unspecified atom stereocenters. The Hall–Kier alpha value is -3.10. The first-order chi connectivity index (χ1) is 16.9. The number of esters is 1. The fourth-order valence-corrected chi connectivity index (χ4v) is 4.52. The summed E-state index contributed by atoms with van der Waals surface area (Å²) in [4.78, 5) is 30.6. The molecule has 1 amide bonds. The molecule has 0 radical (unpaired) electrons. The van der Waals surface area contributed by atoms with E-state index in [-0.39, 0.29) is 24.2 Å². The van der Waals surface area contributed by atoms with Crippen molar-refractivity contribution in [3.63, 3.8) is 0 Å². The van der Waals surface area contributed by atoms with Gasteiger partial charge in [0.2, 0.25) is 5.91 Å². The summed E-state index contributed by atoms with van der Waals surface area (Å²) in [5.74, 6) is -0.989. The van der Waals surface area contributed by atoms with Gasteiger partial charge in [-0.25, -0.2) is 8.78 Å². The third kappa shape index (κ3) is 6.32. The number of halogens is 2. The van der Waals surface area contributed by atoms with Crippen LogP contribution in [0.5, 0.6) is 0 Å². The molecule has 6 nitrogen and oxygen atoms in total. The number of fused-ring (bicyclic) bond motifs is 1. The summed E-state index contributed by atoms with van der Waals surface area (Å²) in [6.07, 6.45) is 3.01. The van der Waals surface area contributed by atoms with E-state index in [0.717, 1.165) is 42.9 Å². The predicted octanol–water partition coefficient (Wildman–Crippen LogP) is 3.70. The zero-order chi connectivity index (χ0) is 24.8. The molecule has 0 bridgehead atoms. The van der Waals surface area contributed by atoms with Gasteiger partial charge in [-0.2, -0.15) is 0 Å². The molecule has 0 aliphatic carbocycles. The molecule has 1 saturated heterocycles. The Morgan fingerprint density at radius 2 is 1.60 bits per heavy atom. The van der Waals surface area contributed by atoms with E-state index in [1.807, 2.05) is 6.08 Å². The number of carbonyl (C=O) groups is 2. The van der Waals surface area contributed by atoms with Crippen LogP contribution in [-0.4, -0.2) is 74.1 Å². The smallest absolute Gasteiger partial charge is 0.305 e. The number of anilines is 1. The zero-order valence-corrected chi connectivity index (χ0v) is 20.0. The van der Waals surface area contributed by atoms with Crippen molar-refractivity contribution in [2.45, 2.75) is 19.8 Å². The molecule has 2 aromatic carbocycles. The molecule has 2 aliphatic heterocycles. The quantitative estimate of drug-likeness (QED) is 0.562. The van der Waals surface area contributed by atoms with E-state index in [2.05, 4.69) is 9.80 Å². The van der Waals surface area contributed by atoms with Gasteiger partial charge in [0.15, 0.2) is 0 Å². The van der Waals surface area contributed by atoms with E-state index < -0.39 is 5.82 Å². The van der Waals surface area contributed by atoms with Crippen molar-refractivity contribution in [1.29, 1.82) is 0 Å². The van der Waals surface area contributed by atoms with Crippen molar-refractivity contribution in [2.24, 2.45) is 0 Å². The fourth-order valence-electron chi connectivity index (χ4n) is 4.52. The number of carbonyl (C=O) groups excluding carboxylic acids is 2. The molecule has 4 rings (SSSR count). The summed E-state index contributed by atoms with van der Waals surface area (Å²) in [7, 11) is 0. The van der Waals surface area contributed by atoms with Crippen molar-refractivity contribution in [3.05, 3.63) is 71.3 Å². The minimum atomic E-state index is -0.403. The number of amides is 1. The lowest BCUT2D eigenvalue weighted by molar-refractivity contribution is -0.143. The molecule has 0 atom stereocenters. The second kappa shape index (κ2) is 11.6. The Labute approximate surface area is 204 Å². The topological polar surface area (TPSA) is 53.1 Å². The van der Waals surface area contributed by atoms with E-state index in [0.29, 0.717) is 38.2 Å². The molecule has 1 fully saturated rings. The molecular weight excluding hydrogens is 452 g/mol. The first kappa shape index (κ1) is 25.0. The molecule has 8 heteroatoms. The van der Waals surface area contributed by atoms with Gasteiger partial charge in [-0.3, -0.25) is 19.4 Å². The normalized spacial score (nSPS) is 16.9. The summed E-state index contributed by atoms with van der Waals surface area (Å²) < 4.78 is 32.9. The van der Waals surface area contributed by atoms with E-state index in [4.69, 9.17) is 4.74 Å². The summed E-state index contributed by atoms with van der Waals surface area (Å²) in [5, 5.41) is 0. The van der Waals surface area contributed by atoms with Gasteiger partial charge in [-0.1, -0.05) is 25.1 Å². The van der Waals surface area contributed by atoms with Crippen LogP contribution in [0.1, 0.15) is 30.9 Å². The Morgan fingerprint density at radius 1 is 0.914 bits per heavy atom. The second-order valence-corrected chi connectivity index (χ2v) is 8.81. The van der Waals surface area contributed by atoms with E-state index >= 15 is 0 Å². The number of rotatable bonds is 7. The highest BCUT2D eigenvalue weighted by atomic mass is 19.1. The number of nitrogens with zero attached hydrogens (tertiary/aromatic N) is 3. The molecule has 2 aliphatic rings. The first-order valence-electron chi connectivity index (χ1n) is 12.1. The third-order valence-electron chi connectivity index (χ3n) is 6.48. The lowest BCUT2D eigenvalue weighted by Gasteiger charge is -2.35. The first-order valence-corrected chi connectivity index (χ1v) is 12.1. The molecule has 2 aromatic rings. The average molecular weight is 484 g/mol. The molecule has 186 valence electrons. The molecule has 35 heavy (non-hydrogen) atoms. The minimum Gasteiger partial charge on any atom is -0.464 e. The molecule has 0 saturated carbocycles. The maximum atomic E-state index is 14.3. The Morgan fingerprint density at radius 3 is 2.31 bits per heavy atom. The maximum Gasteiger partial charge on any atom is 0.305 e. The van der Waals surface area contributed by atoms with E-state index in [9.17, 15) is 18.4 Å². The fraction of sp³-hybridized carbons (Fsp3) is 0.407. The monoisotopic (exact) mass is 483 g/mol. The molecule has 0 N–H and O–H groups in total. The van der Waals surface area contributed by atoms with E-state index in [1.54, 1.807) is 30.0 Å².